The van der Waals surface area contributed by atoms with Gasteiger partial charge in [0.15, 0.2) is 11.4 Å². The Morgan fingerprint density at radius 3 is 2.92 bits per heavy atom. The minimum absolute atomic E-state index is 0.513. The van der Waals surface area contributed by atoms with Crippen LogP contribution >= 0.6 is 0 Å². The zero-order chi connectivity index (χ0) is 8.84. The summed E-state index contributed by atoms with van der Waals surface area (Å²) in [6.45, 7) is 1.81. The molecule has 0 atom stereocenters. The topological polar surface area (TPSA) is 39.2 Å². The minimum atomic E-state index is 0.513. The van der Waals surface area contributed by atoms with Crippen molar-refractivity contribution in [3.63, 3.8) is 0 Å². The molecule has 0 aliphatic rings. The van der Waals surface area contributed by atoms with Crippen molar-refractivity contribution < 1.29 is 8.83 Å². The first-order chi connectivity index (χ1) is 6.34. The number of aryl methyl sites for hydroxylation is 1. The van der Waals surface area contributed by atoms with E-state index in [4.69, 9.17) is 8.83 Å². The number of hydrogen-bond donors (Lipinski definition) is 0. The fourth-order valence-electron chi connectivity index (χ4n) is 1.50. The number of hydrogen-bond acceptors (Lipinski definition) is 3. The summed E-state index contributed by atoms with van der Waals surface area (Å²) in [6, 6.07) is 7.77. The van der Waals surface area contributed by atoms with E-state index in [-0.39, 0.29) is 0 Å². The fraction of sp³-hybridized carbons (Fsp3) is 0.100. The van der Waals surface area contributed by atoms with Crippen molar-refractivity contribution in [2.75, 3.05) is 0 Å². The van der Waals surface area contributed by atoms with Crippen molar-refractivity contribution in [1.29, 1.82) is 0 Å². The maximum Gasteiger partial charge on any atom is 0.319 e. The monoisotopic (exact) mass is 173 g/mol. The van der Waals surface area contributed by atoms with E-state index >= 15 is 0 Å². The predicted molar refractivity (Wildman–Crippen MR) is 48.5 cm³/mol. The summed E-state index contributed by atoms with van der Waals surface area (Å²) in [5.41, 5.74) is 1.64. The van der Waals surface area contributed by atoms with Gasteiger partial charge in [-0.3, -0.25) is 0 Å². The van der Waals surface area contributed by atoms with Crippen LogP contribution in [0.3, 0.4) is 0 Å². The van der Waals surface area contributed by atoms with E-state index in [9.17, 15) is 0 Å². The molecule has 0 aliphatic heterocycles. The quantitative estimate of drug-likeness (QED) is 0.524. The molecule has 3 nitrogen and oxygen atoms in total. The first-order valence-corrected chi connectivity index (χ1v) is 4.09. The highest BCUT2D eigenvalue weighted by Crippen LogP contribution is 2.27. The third kappa shape index (κ3) is 0.811. The second kappa shape index (κ2) is 2.13. The molecule has 64 valence electrons. The van der Waals surface area contributed by atoms with E-state index in [0.717, 1.165) is 16.5 Å². The van der Waals surface area contributed by atoms with E-state index in [2.05, 4.69) is 4.98 Å². The van der Waals surface area contributed by atoms with Crippen LogP contribution in [0.1, 0.15) is 5.89 Å². The Bertz CT molecular complexity index is 577. The zero-order valence-electron chi connectivity index (χ0n) is 7.07. The van der Waals surface area contributed by atoms with Gasteiger partial charge in [-0.25, -0.2) is 4.98 Å². The lowest BCUT2D eigenvalue weighted by Gasteiger charge is -1.83. The lowest BCUT2D eigenvalue weighted by Crippen LogP contribution is -1.68. The molecule has 0 bridgehead atoms. The van der Waals surface area contributed by atoms with Crippen molar-refractivity contribution in [3.8, 4) is 0 Å². The van der Waals surface area contributed by atoms with Gasteiger partial charge in [-0.05, 0) is 12.1 Å². The van der Waals surface area contributed by atoms with Crippen LogP contribution in [0.25, 0.3) is 22.3 Å². The van der Waals surface area contributed by atoms with Crippen LogP contribution in [-0.2, 0) is 0 Å². The van der Waals surface area contributed by atoms with E-state index < -0.39 is 0 Å². The summed E-state index contributed by atoms with van der Waals surface area (Å²) in [4.78, 5) is 4.24. The molecule has 0 aliphatic carbocycles. The van der Waals surface area contributed by atoms with Crippen molar-refractivity contribution in [2.45, 2.75) is 6.92 Å². The molecule has 0 amide bonds. The molecule has 0 saturated carbocycles. The van der Waals surface area contributed by atoms with Gasteiger partial charge in [0, 0.05) is 6.92 Å². The Labute approximate surface area is 74.0 Å². The molecule has 0 fully saturated rings. The maximum atomic E-state index is 5.44. The summed E-state index contributed by atoms with van der Waals surface area (Å²) < 4.78 is 10.7. The lowest BCUT2D eigenvalue weighted by atomic mass is 10.2. The third-order valence-corrected chi connectivity index (χ3v) is 2.05. The number of furan rings is 1. The van der Waals surface area contributed by atoms with Crippen LogP contribution in [-0.4, -0.2) is 4.98 Å². The second-order valence-corrected chi connectivity index (χ2v) is 2.97. The van der Waals surface area contributed by atoms with Crippen molar-refractivity contribution >= 4 is 22.3 Å². The van der Waals surface area contributed by atoms with Gasteiger partial charge in [0.05, 0.1) is 5.39 Å². The van der Waals surface area contributed by atoms with Crippen LogP contribution in [0.5, 0.6) is 0 Å². The largest absolute Gasteiger partial charge is 0.424 e. The molecular weight excluding hydrogens is 166 g/mol. The van der Waals surface area contributed by atoms with Gasteiger partial charge in [0.1, 0.15) is 5.58 Å². The first-order valence-electron chi connectivity index (χ1n) is 4.09. The molecule has 13 heavy (non-hydrogen) atoms. The number of benzene rings is 1. The molecule has 0 radical (unpaired) electrons. The molecule has 1 aromatic carbocycles. The zero-order valence-corrected chi connectivity index (χ0v) is 7.07. The first kappa shape index (κ1) is 6.71. The standard InChI is InChI=1S/C10H7NO2/c1-6-11-9-7-4-2-3-5-8(7)13-10(9)12-6/h2-5H,1H3. The van der Waals surface area contributed by atoms with Crippen molar-refractivity contribution in [1.82, 2.24) is 4.98 Å². The van der Waals surface area contributed by atoms with Crippen molar-refractivity contribution in [2.24, 2.45) is 0 Å². The normalized spacial score (nSPS) is 11.5. The maximum absolute atomic E-state index is 5.44. The van der Waals surface area contributed by atoms with Gasteiger partial charge >= 0.3 is 5.78 Å². The van der Waals surface area contributed by atoms with Gasteiger partial charge in [0.2, 0.25) is 0 Å². The number of rotatable bonds is 0. The summed E-state index contributed by atoms with van der Waals surface area (Å²) in [6.07, 6.45) is 0. The molecule has 2 aromatic heterocycles. The number of para-hydroxylation sites is 1. The van der Waals surface area contributed by atoms with Gasteiger partial charge in [-0.2, -0.15) is 0 Å². The molecule has 3 rings (SSSR count). The predicted octanol–water partition coefficient (Wildman–Crippen LogP) is 2.88. The minimum Gasteiger partial charge on any atom is -0.424 e. The second-order valence-electron chi connectivity index (χ2n) is 2.97. The van der Waals surface area contributed by atoms with E-state index in [1.165, 1.54) is 0 Å². The molecule has 0 N–H and O–H groups in total. The number of oxazole rings is 1. The average Bonchev–Trinajstić information content (AvgIpc) is 2.60. The summed E-state index contributed by atoms with van der Waals surface area (Å²) >= 11 is 0. The molecule has 0 unspecified atom stereocenters. The molecule has 0 saturated heterocycles. The SMILES string of the molecule is Cc1nc2c(o1)oc1ccccc12. The van der Waals surface area contributed by atoms with Crippen LogP contribution in [0.15, 0.2) is 33.1 Å². The van der Waals surface area contributed by atoms with Gasteiger partial charge in [0.25, 0.3) is 0 Å². The molecule has 2 heterocycles. The van der Waals surface area contributed by atoms with Crippen molar-refractivity contribution in [3.05, 3.63) is 30.2 Å². The van der Waals surface area contributed by atoms with Gasteiger partial charge < -0.3 is 8.83 Å². The van der Waals surface area contributed by atoms with Crippen LogP contribution < -0.4 is 0 Å². The Balaban J connectivity index is 2.60. The fourth-order valence-corrected chi connectivity index (χ4v) is 1.50. The number of aromatic nitrogens is 1. The smallest absolute Gasteiger partial charge is 0.319 e. The molecule has 3 aromatic rings. The Hall–Kier alpha value is -1.77. The number of fused-ring (bicyclic) bond motifs is 3. The lowest BCUT2D eigenvalue weighted by molar-refractivity contribution is 0.473. The van der Waals surface area contributed by atoms with E-state index in [1.54, 1.807) is 0 Å². The third-order valence-electron chi connectivity index (χ3n) is 2.05. The highest BCUT2D eigenvalue weighted by atomic mass is 16.5. The Morgan fingerprint density at radius 1 is 1.15 bits per heavy atom. The van der Waals surface area contributed by atoms with Gasteiger partial charge in [-0.15, -0.1) is 0 Å². The highest BCUT2D eigenvalue weighted by Gasteiger charge is 2.11. The van der Waals surface area contributed by atoms with Crippen LogP contribution in [0.2, 0.25) is 0 Å². The average molecular weight is 173 g/mol. The van der Waals surface area contributed by atoms with E-state index in [0.29, 0.717) is 11.7 Å². The van der Waals surface area contributed by atoms with E-state index in [1.807, 2.05) is 31.2 Å². The van der Waals surface area contributed by atoms with Crippen LogP contribution in [0.4, 0.5) is 0 Å². The molecule has 0 spiro atoms. The van der Waals surface area contributed by atoms with Gasteiger partial charge in [-0.1, -0.05) is 12.1 Å². The Morgan fingerprint density at radius 2 is 2.00 bits per heavy atom. The molecular formula is C10H7NO2. The highest BCUT2D eigenvalue weighted by molar-refractivity contribution is 6.00. The molecule has 3 heteroatoms. The van der Waals surface area contributed by atoms with Crippen LogP contribution in [0, 0.1) is 6.92 Å². The Kier molecular flexibility index (Phi) is 1.10. The summed E-state index contributed by atoms with van der Waals surface area (Å²) in [5.74, 6) is 1.15. The summed E-state index contributed by atoms with van der Waals surface area (Å²) in [7, 11) is 0. The summed E-state index contributed by atoms with van der Waals surface area (Å²) in [5, 5.41) is 1.01. The number of nitrogens with zero attached hydrogens (tertiary/aromatic N) is 1.